The average Bonchev–Trinajstić information content (AvgIpc) is 2.89. The number of hydrogen-bond acceptors (Lipinski definition) is 3. The van der Waals surface area contributed by atoms with Gasteiger partial charge < -0.3 is 19.9 Å². The monoisotopic (exact) mass is 303 g/mol. The molecule has 2 heterocycles. The minimum absolute atomic E-state index is 0.0778. The van der Waals surface area contributed by atoms with Crippen molar-refractivity contribution in [3.63, 3.8) is 0 Å². The van der Waals surface area contributed by atoms with E-state index in [-0.39, 0.29) is 12.2 Å². The van der Waals surface area contributed by atoms with Crippen LogP contribution in [0, 0.1) is 0 Å². The second kappa shape index (κ2) is 5.32. The van der Waals surface area contributed by atoms with E-state index in [9.17, 15) is 15.0 Å². The molecule has 3 rings (SSSR count). The molecule has 2 aromatic rings. The molecule has 1 atom stereocenters. The lowest BCUT2D eigenvalue weighted by atomic mass is 9.86. The molecule has 1 aromatic carbocycles. The van der Waals surface area contributed by atoms with Crippen molar-refractivity contribution in [1.82, 2.24) is 4.98 Å². The molecule has 0 unspecified atom stereocenters. The molecule has 1 aromatic heterocycles. The summed E-state index contributed by atoms with van der Waals surface area (Å²) in [6, 6.07) is 3.63. The van der Waals surface area contributed by atoms with Gasteiger partial charge in [-0.3, -0.25) is 4.79 Å². The van der Waals surface area contributed by atoms with Gasteiger partial charge in [-0.05, 0) is 36.5 Å². The van der Waals surface area contributed by atoms with Gasteiger partial charge in [0.15, 0.2) is 0 Å². The molecule has 0 bridgehead atoms. The number of carboxylic acids is 1. The fraction of sp³-hybridized carbons (Fsp3) is 0.471. The minimum atomic E-state index is -0.881. The summed E-state index contributed by atoms with van der Waals surface area (Å²) < 4.78 is 5.90. The lowest BCUT2D eigenvalue weighted by Gasteiger charge is -2.35. The Balaban J connectivity index is 2.29. The fourth-order valence-corrected chi connectivity index (χ4v) is 3.55. The number of carbonyl (C=O) groups is 1. The van der Waals surface area contributed by atoms with Gasteiger partial charge in [0.1, 0.15) is 11.4 Å². The first kappa shape index (κ1) is 14.9. The summed E-state index contributed by atoms with van der Waals surface area (Å²) in [4.78, 5) is 14.7. The van der Waals surface area contributed by atoms with Crippen LogP contribution in [0.5, 0.6) is 5.75 Å². The number of aromatic hydroxyl groups is 1. The molecule has 0 radical (unpaired) electrons. The molecule has 118 valence electrons. The zero-order chi connectivity index (χ0) is 15.9. The van der Waals surface area contributed by atoms with E-state index in [1.807, 2.05) is 13.0 Å². The Morgan fingerprint density at radius 1 is 1.41 bits per heavy atom. The van der Waals surface area contributed by atoms with E-state index in [2.05, 4.69) is 11.9 Å². The standard InChI is InChI=1S/C17H21NO4/c1-3-10-5-6-12(19)14-11-7-8-22-17(4-2,9-13(20)21)16(11)18-15(10)14/h5-6,18-19H,3-4,7-9H2,1-2H3,(H,20,21)/t17-/m1/s1. The predicted molar refractivity (Wildman–Crippen MR) is 83.2 cm³/mol. The van der Waals surface area contributed by atoms with E-state index < -0.39 is 11.6 Å². The van der Waals surface area contributed by atoms with Crippen molar-refractivity contribution in [2.75, 3.05) is 6.61 Å². The molecule has 1 aliphatic heterocycles. The summed E-state index contributed by atoms with van der Waals surface area (Å²) in [5.41, 5.74) is 2.99. The van der Waals surface area contributed by atoms with Crippen molar-refractivity contribution >= 4 is 16.9 Å². The maximum atomic E-state index is 11.3. The highest BCUT2D eigenvalue weighted by Crippen LogP contribution is 2.44. The maximum Gasteiger partial charge on any atom is 0.306 e. The molecule has 22 heavy (non-hydrogen) atoms. The molecule has 0 spiro atoms. The molecule has 5 nitrogen and oxygen atoms in total. The van der Waals surface area contributed by atoms with Gasteiger partial charge >= 0.3 is 5.97 Å². The molecular formula is C17H21NO4. The fourth-order valence-electron chi connectivity index (χ4n) is 3.55. The lowest BCUT2D eigenvalue weighted by molar-refractivity contribution is -0.148. The Morgan fingerprint density at radius 3 is 2.82 bits per heavy atom. The van der Waals surface area contributed by atoms with Crippen molar-refractivity contribution in [3.05, 3.63) is 29.0 Å². The van der Waals surface area contributed by atoms with Crippen LogP contribution in [0.1, 0.15) is 43.5 Å². The molecule has 1 aliphatic rings. The van der Waals surface area contributed by atoms with Crippen molar-refractivity contribution in [3.8, 4) is 5.75 Å². The van der Waals surface area contributed by atoms with Gasteiger partial charge in [-0.25, -0.2) is 0 Å². The number of ether oxygens (including phenoxy) is 1. The summed E-state index contributed by atoms with van der Waals surface area (Å²) in [7, 11) is 0. The number of phenols is 1. The van der Waals surface area contributed by atoms with Crippen LogP contribution in [0.15, 0.2) is 12.1 Å². The van der Waals surface area contributed by atoms with Crippen LogP contribution < -0.4 is 0 Å². The largest absolute Gasteiger partial charge is 0.507 e. The Labute approximate surface area is 128 Å². The topological polar surface area (TPSA) is 82.5 Å². The van der Waals surface area contributed by atoms with Crippen LogP contribution in [0.25, 0.3) is 10.9 Å². The summed E-state index contributed by atoms with van der Waals surface area (Å²) in [5, 5.41) is 20.4. The van der Waals surface area contributed by atoms with Crippen LogP contribution in [0.4, 0.5) is 0 Å². The first-order valence-corrected chi connectivity index (χ1v) is 7.74. The molecule has 0 aliphatic carbocycles. The number of rotatable bonds is 4. The quantitative estimate of drug-likeness (QED) is 0.810. The van der Waals surface area contributed by atoms with Gasteiger partial charge in [-0.2, -0.15) is 0 Å². The molecule has 0 amide bonds. The third-order valence-electron chi connectivity index (χ3n) is 4.70. The molecular weight excluding hydrogens is 282 g/mol. The Bertz CT molecular complexity index is 734. The van der Waals surface area contributed by atoms with E-state index >= 15 is 0 Å². The normalized spacial score (nSPS) is 21.0. The smallest absolute Gasteiger partial charge is 0.306 e. The Morgan fingerprint density at radius 2 is 2.18 bits per heavy atom. The number of aliphatic carboxylic acids is 1. The number of phenolic OH excluding ortho intramolecular Hbond substituents is 1. The molecule has 5 heteroatoms. The second-order valence-corrected chi connectivity index (χ2v) is 5.84. The van der Waals surface area contributed by atoms with Gasteiger partial charge in [0.05, 0.1) is 24.2 Å². The highest BCUT2D eigenvalue weighted by molar-refractivity contribution is 5.93. The van der Waals surface area contributed by atoms with Gasteiger partial charge in [0.25, 0.3) is 0 Å². The third-order valence-corrected chi connectivity index (χ3v) is 4.70. The number of aromatic amines is 1. The highest BCUT2D eigenvalue weighted by Gasteiger charge is 2.41. The van der Waals surface area contributed by atoms with Crippen LogP contribution >= 0.6 is 0 Å². The summed E-state index contributed by atoms with van der Waals surface area (Å²) in [6.45, 7) is 4.47. The number of hydrogen-bond donors (Lipinski definition) is 3. The molecule has 0 saturated heterocycles. The van der Waals surface area contributed by atoms with Crippen LogP contribution in [0.2, 0.25) is 0 Å². The highest BCUT2D eigenvalue weighted by atomic mass is 16.5. The molecule has 3 N–H and O–H groups in total. The zero-order valence-corrected chi connectivity index (χ0v) is 12.9. The first-order valence-electron chi connectivity index (χ1n) is 7.74. The predicted octanol–water partition coefficient (Wildman–Crippen LogP) is 3.09. The van der Waals surface area contributed by atoms with E-state index in [0.717, 1.165) is 34.1 Å². The number of H-pyrrole nitrogens is 1. The number of carboxylic acid groups (broad SMARTS) is 1. The average molecular weight is 303 g/mol. The summed E-state index contributed by atoms with van der Waals surface area (Å²) >= 11 is 0. The van der Waals surface area contributed by atoms with Crippen LogP contribution in [-0.2, 0) is 28.0 Å². The molecule has 0 fully saturated rings. The van der Waals surface area contributed by atoms with Crippen LogP contribution in [0.3, 0.4) is 0 Å². The van der Waals surface area contributed by atoms with Crippen molar-refractivity contribution in [2.45, 2.75) is 45.1 Å². The van der Waals surface area contributed by atoms with Crippen molar-refractivity contribution < 1.29 is 19.7 Å². The van der Waals surface area contributed by atoms with Gasteiger partial charge in [0.2, 0.25) is 0 Å². The lowest BCUT2D eigenvalue weighted by Crippen LogP contribution is -2.37. The van der Waals surface area contributed by atoms with Crippen molar-refractivity contribution in [2.24, 2.45) is 0 Å². The Hall–Kier alpha value is -2.01. The number of aryl methyl sites for hydroxylation is 1. The van der Waals surface area contributed by atoms with Gasteiger partial charge in [-0.1, -0.05) is 19.9 Å². The maximum absolute atomic E-state index is 11.3. The first-order chi connectivity index (χ1) is 10.5. The van der Waals surface area contributed by atoms with E-state index in [1.165, 1.54) is 0 Å². The number of benzene rings is 1. The van der Waals surface area contributed by atoms with Gasteiger partial charge in [0, 0.05) is 5.39 Å². The van der Waals surface area contributed by atoms with Gasteiger partial charge in [-0.15, -0.1) is 0 Å². The minimum Gasteiger partial charge on any atom is -0.507 e. The number of nitrogens with one attached hydrogen (secondary N) is 1. The zero-order valence-electron chi connectivity index (χ0n) is 12.9. The summed E-state index contributed by atoms with van der Waals surface area (Å²) in [6.07, 6.45) is 2.01. The number of aromatic nitrogens is 1. The summed E-state index contributed by atoms with van der Waals surface area (Å²) in [5.74, 6) is -0.639. The molecule has 0 saturated carbocycles. The third kappa shape index (κ3) is 2.08. The van der Waals surface area contributed by atoms with Crippen molar-refractivity contribution in [1.29, 1.82) is 0 Å². The van der Waals surface area contributed by atoms with Crippen LogP contribution in [-0.4, -0.2) is 27.8 Å². The SMILES string of the molecule is CCc1ccc(O)c2c3c([nH]c12)[C@@](CC)(CC(=O)O)OCC3. The van der Waals surface area contributed by atoms with E-state index in [0.29, 0.717) is 19.4 Å². The Kier molecular flexibility index (Phi) is 3.60. The van der Waals surface area contributed by atoms with E-state index in [1.54, 1.807) is 6.07 Å². The van der Waals surface area contributed by atoms with E-state index in [4.69, 9.17) is 4.74 Å². The second-order valence-electron chi connectivity index (χ2n) is 5.84. The number of fused-ring (bicyclic) bond motifs is 3.